The molecule has 0 saturated carbocycles. The summed E-state index contributed by atoms with van der Waals surface area (Å²) in [5, 5.41) is 9.71. The number of hydrogen-bond acceptors (Lipinski definition) is 3. The lowest BCUT2D eigenvalue weighted by Gasteiger charge is -2.10. The standard InChI is InChI=1S/C20H17I2N3O/c1-4-26-19-13(8-15(21)9-16(19)22)7-14(10-23)20-24-17-5-11(2)12(3)6-18(17)25-20/h5-9H,4H2,1-3H3,(H,24,25)/b14-7+. The van der Waals surface area contributed by atoms with Gasteiger partial charge in [0.2, 0.25) is 0 Å². The van der Waals surface area contributed by atoms with Gasteiger partial charge in [0, 0.05) is 9.13 Å². The summed E-state index contributed by atoms with van der Waals surface area (Å²) in [6.45, 7) is 6.66. The predicted molar refractivity (Wildman–Crippen MR) is 122 cm³/mol. The Kier molecular flexibility index (Phi) is 5.87. The number of halogens is 2. The monoisotopic (exact) mass is 569 g/mol. The van der Waals surface area contributed by atoms with Gasteiger partial charge in [-0.15, -0.1) is 0 Å². The molecule has 0 saturated heterocycles. The highest BCUT2D eigenvalue weighted by Gasteiger charge is 2.13. The van der Waals surface area contributed by atoms with Crippen molar-refractivity contribution in [1.29, 1.82) is 5.26 Å². The summed E-state index contributed by atoms with van der Waals surface area (Å²) >= 11 is 4.53. The number of hydrogen-bond donors (Lipinski definition) is 1. The molecule has 132 valence electrons. The maximum absolute atomic E-state index is 9.71. The molecule has 0 aliphatic carbocycles. The van der Waals surface area contributed by atoms with Gasteiger partial charge in [-0.1, -0.05) is 0 Å². The van der Waals surface area contributed by atoms with Gasteiger partial charge < -0.3 is 9.72 Å². The first kappa shape index (κ1) is 19.2. The molecule has 0 aliphatic rings. The van der Waals surface area contributed by atoms with Gasteiger partial charge >= 0.3 is 0 Å². The van der Waals surface area contributed by atoms with Crippen molar-refractivity contribution < 1.29 is 4.74 Å². The van der Waals surface area contributed by atoms with Crippen molar-refractivity contribution in [3.8, 4) is 11.8 Å². The highest BCUT2D eigenvalue weighted by Crippen LogP contribution is 2.31. The van der Waals surface area contributed by atoms with Crippen molar-refractivity contribution in [3.05, 3.63) is 53.9 Å². The third-order valence-electron chi connectivity index (χ3n) is 4.10. The molecule has 1 aromatic heterocycles. The van der Waals surface area contributed by atoms with Crippen LogP contribution in [0.15, 0.2) is 24.3 Å². The summed E-state index contributed by atoms with van der Waals surface area (Å²) in [7, 11) is 0. The van der Waals surface area contributed by atoms with E-state index in [0.29, 0.717) is 18.0 Å². The lowest BCUT2D eigenvalue weighted by atomic mass is 10.1. The second-order valence-corrected chi connectivity index (χ2v) is 8.36. The average molecular weight is 569 g/mol. The highest BCUT2D eigenvalue weighted by molar-refractivity contribution is 14.1. The first-order chi connectivity index (χ1) is 12.4. The van der Waals surface area contributed by atoms with Crippen LogP contribution in [0.1, 0.15) is 29.4 Å². The Morgan fingerprint density at radius 1 is 1.23 bits per heavy atom. The number of H-pyrrole nitrogens is 1. The Morgan fingerprint density at radius 2 is 1.96 bits per heavy atom. The summed E-state index contributed by atoms with van der Waals surface area (Å²) < 4.78 is 7.92. The number of ether oxygens (including phenoxy) is 1. The predicted octanol–water partition coefficient (Wildman–Crippen LogP) is 5.85. The minimum Gasteiger partial charge on any atom is -0.492 e. The molecule has 0 amide bonds. The zero-order chi connectivity index (χ0) is 18.8. The molecule has 0 atom stereocenters. The van der Waals surface area contributed by atoms with E-state index in [9.17, 15) is 5.26 Å². The van der Waals surface area contributed by atoms with Gasteiger partial charge in [0.1, 0.15) is 17.6 Å². The first-order valence-corrected chi connectivity index (χ1v) is 10.3. The Bertz CT molecular complexity index is 1020. The molecule has 0 radical (unpaired) electrons. The third-order valence-corrected chi connectivity index (χ3v) is 5.52. The smallest absolute Gasteiger partial charge is 0.149 e. The van der Waals surface area contributed by atoms with Gasteiger partial charge in [-0.25, -0.2) is 4.98 Å². The number of nitrogens with zero attached hydrogens (tertiary/aromatic N) is 2. The highest BCUT2D eigenvalue weighted by atomic mass is 127. The molecule has 0 fully saturated rings. The molecule has 4 nitrogen and oxygen atoms in total. The molecule has 2 aromatic carbocycles. The number of imidazole rings is 1. The van der Waals surface area contributed by atoms with Crippen LogP contribution in [-0.2, 0) is 0 Å². The number of aromatic amines is 1. The van der Waals surface area contributed by atoms with Crippen LogP contribution >= 0.6 is 45.2 Å². The van der Waals surface area contributed by atoms with E-state index in [-0.39, 0.29) is 0 Å². The molecule has 0 unspecified atom stereocenters. The van der Waals surface area contributed by atoms with Gasteiger partial charge in [0.05, 0.1) is 26.8 Å². The van der Waals surface area contributed by atoms with Gasteiger partial charge in [0.15, 0.2) is 0 Å². The number of rotatable bonds is 4. The number of fused-ring (bicyclic) bond motifs is 1. The quantitative estimate of drug-likeness (QED) is 0.317. The van der Waals surface area contributed by atoms with Crippen molar-refractivity contribution >= 4 is 67.9 Å². The molecule has 3 rings (SSSR count). The molecular weight excluding hydrogens is 552 g/mol. The van der Waals surface area contributed by atoms with Crippen LogP contribution in [0.2, 0.25) is 0 Å². The van der Waals surface area contributed by atoms with Crippen LogP contribution < -0.4 is 4.74 Å². The molecule has 1 heterocycles. The number of benzene rings is 2. The van der Waals surface area contributed by atoms with E-state index < -0.39 is 0 Å². The maximum Gasteiger partial charge on any atom is 0.149 e. The van der Waals surface area contributed by atoms with Crippen LogP contribution in [0, 0.1) is 32.3 Å². The van der Waals surface area contributed by atoms with E-state index in [1.54, 1.807) is 0 Å². The second kappa shape index (κ2) is 7.96. The zero-order valence-corrected chi connectivity index (χ0v) is 19.0. The number of allylic oxidation sites excluding steroid dienone is 1. The van der Waals surface area contributed by atoms with Gasteiger partial charge in [-0.3, -0.25) is 0 Å². The average Bonchev–Trinajstić information content (AvgIpc) is 2.98. The normalized spacial score (nSPS) is 11.6. The van der Waals surface area contributed by atoms with E-state index >= 15 is 0 Å². The van der Waals surface area contributed by atoms with Gasteiger partial charge in [-0.05, 0) is 107 Å². The topological polar surface area (TPSA) is 61.7 Å². The molecule has 3 aromatic rings. The molecule has 0 aliphatic heterocycles. The second-order valence-electron chi connectivity index (χ2n) is 5.95. The van der Waals surface area contributed by atoms with Crippen molar-refractivity contribution in [2.75, 3.05) is 6.61 Å². The SMILES string of the molecule is CCOc1c(I)cc(I)cc1/C=C(\C#N)c1nc2cc(C)c(C)cc2[nH]1. The van der Waals surface area contributed by atoms with Crippen LogP contribution in [-0.4, -0.2) is 16.6 Å². The van der Waals surface area contributed by atoms with Crippen LogP contribution in [0.25, 0.3) is 22.7 Å². The Balaban J connectivity index is 2.14. The molecule has 6 heteroatoms. The lowest BCUT2D eigenvalue weighted by Crippen LogP contribution is -1.98. The van der Waals surface area contributed by atoms with Crippen molar-refractivity contribution in [2.24, 2.45) is 0 Å². The van der Waals surface area contributed by atoms with Crippen LogP contribution in [0.5, 0.6) is 5.75 Å². The minimum absolute atomic E-state index is 0.482. The van der Waals surface area contributed by atoms with Crippen LogP contribution in [0.4, 0.5) is 0 Å². The van der Waals surface area contributed by atoms with E-state index in [1.165, 1.54) is 11.1 Å². The van der Waals surface area contributed by atoms with E-state index in [1.807, 2.05) is 25.1 Å². The number of aromatic nitrogens is 2. The molecule has 0 spiro atoms. The van der Waals surface area contributed by atoms with Gasteiger partial charge in [-0.2, -0.15) is 5.26 Å². The summed E-state index contributed by atoms with van der Waals surface area (Å²) in [6.07, 6.45) is 1.84. The Hall–Kier alpha value is -1.60. The van der Waals surface area contributed by atoms with Crippen molar-refractivity contribution in [2.45, 2.75) is 20.8 Å². The molecule has 0 bridgehead atoms. The maximum atomic E-state index is 9.71. The summed E-state index contributed by atoms with van der Waals surface area (Å²) in [5.41, 5.74) is 5.55. The van der Waals surface area contributed by atoms with E-state index in [2.05, 4.69) is 87.2 Å². The summed E-state index contributed by atoms with van der Waals surface area (Å²) in [6, 6.07) is 10.5. The van der Waals surface area contributed by atoms with Crippen LogP contribution in [0.3, 0.4) is 0 Å². The molecule has 1 N–H and O–H groups in total. The summed E-state index contributed by atoms with van der Waals surface area (Å²) in [5.74, 6) is 1.37. The van der Waals surface area contributed by atoms with E-state index in [0.717, 1.165) is 29.5 Å². The largest absolute Gasteiger partial charge is 0.492 e. The first-order valence-electron chi connectivity index (χ1n) is 8.14. The van der Waals surface area contributed by atoms with Gasteiger partial charge in [0.25, 0.3) is 0 Å². The summed E-state index contributed by atoms with van der Waals surface area (Å²) in [4.78, 5) is 7.88. The Morgan fingerprint density at radius 3 is 2.65 bits per heavy atom. The number of nitrogens with one attached hydrogen (secondary N) is 1. The molecular formula is C20H17I2N3O. The minimum atomic E-state index is 0.482. The van der Waals surface area contributed by atoms with Crippen molar-refractivity contribution in [1.82, 2.24) is 9.97 Å². The van der Waals surface area contributed by atoms with Crippen molar-refractivity contribution in [3.63, 3.8) is 0 Å². The number of aryl methyl sites for hydroxylation is 2. The number of nitriles is 1. The fourth-order valence-corrected chi connectivity index (χ4v) is 4.74. The lowest BCUT2D eigenvalue weighted by molar-refractivity contribution is 0.337. The fraction of sp³-hybridized carbons (Fsp3) is 0.200. The third kappa shape index (κ3) is 3.88. The Labute approximate surface area is 179 Å². The zero-order valence-electron chi connectivity index (χ0n) is 14.7. The fourth-order valence-electron chi connectivity index (χ4n) is 2.69. The molecule has 26 heavy (non-hydrogen) atoms. The van der Waals surface area contributed by atoms with E-state index in [4.69, 9.17) is 4.74 Å².